The number of nitrogens with zero attached hydrogens (tertiary/aromatic N) is 1. The SMILES string of the molecule is C[C@@H](NC(=O)/C=C/c1cc2c(cc1[N+](=O)[O-])OCO2)c1ccc(F)cc1. The number of amides is 1. The van der Waals surface area contributed by atoms with E-state index in [2.05, 4.69) is 5.32 Å². The molecule has 134 valence electrons. The number of nitro groups is 1. The van der Waals surface area contributed by atoms with Crippen molar-refractivity contribution in [3.8, 4) is 11.5 Å². The minimum Gasteiger partial charge on any atom is -0.454 e. The predicted molar refractivity (Wildman–Crippen MR) is 91.2 cm³/mol. The van der Waals surface area contributed by atoms with Gasteiger partial charge in [0.1, 0.15) is 5.82 Å². The van der Waals surface area contributed by atoms with Gasteiger partial charge in [0.2, 0.25) is 12.7 Å². The lowest BCUT2D eigenvalue weighted by Crippen LogP contribution is -2.24. The average molecular weight is 358 g/mol. The number of halogens is 1. The Kier molecular flexibility index (Phi) is 4.83. The zero-order chi connectivity index (χ0) is 18.7. The van der Waals surface area contributed by atoms with E-state index < -0.39 is 10.8 Å². The van der Waals surface area contributed by atoms with E-state index >= 15 is 0 Å². The Morgan fingerprint density at radius 3 is 2.58 bits per heavy atom. The van der Waals surface area contributed by atoms with Gasteiger partial charge in [-0.15, -0.1) is 0 Å². The van der Waals surface area contributed by atoms with Crippen LogP contribution in [-0.2, 0) is 4.79 Å². The lowest BCUT2D eigenvalue weighted by Gasteiger charge is -2.12. The smallest absolute Gasteiger partial charge is 0.280 e. The van der Waals surface area contributed by atoms with Crippen LogP contribution in [0.5, 0.6) is 11.5 Å². The van der Waals surface area contributed by atoms with E-state index in [4.69, 9.17) is 9.47 Å². The minimum absolute atomic E-state index is 0.00464. The van der Waals surface area contributed by atoms with Crippen LogP contribution in [0.2, 0.25) is 0 Å². The van der Waals surface area contributed by atoms with Crippen molar-refractivity contribution >= 4 is 17.7 Å². The first-order valence-corrected chi connectivity index (χ1v) is 7.76. The molecule has 1 aliphatic heterocycles. The maximum absolute atomic E-state index is 12.9. The molecule has 0 bridgehead atoms. The summed E-state index contributed by atoms with van der Waals surface area (Å²) in [5, 5.41) is 13.9. The van der Waals surface area contributed by atoms with E-state index in [9.17, 15) is 19.3 Å². The van der Waals surface area contributed by atoms with Crippen molar-refractivity contribution in [1.82, 2.24) is 5.32 Å². The van der Waals surface area contributed by atoms with Crippen LogP contribution in [-0.4, -0.2) is 17.6 Å². The molecule has 0 aliphatic carbocycles. The van der Waals surface area contributed by atoms with Gasteiger partial charge in [0.25, 0.3) is 5.69 Å². The van der Waals surface area contributed by atoms with Crippen LogP contribution in [0, 0.1) is 15.9 Å². The predicted octanol–water partition coefficient (Wildman–Crippen LogP) is 3.35. The summed E-state index contributed by atoms with van der Waals surface area (Å²) in [6.07, 6.45) is 2.54. The molecule has 2 aromatic rings. The molecule has 0 unspecified atom stereocenters. The van der Waals surface area contributed by atoms with Crippen LogP contribution in [0.4, 0.5) is 10.1 Å². The Balaban J connectivity index is 1.74. The quantitative estimate of drug-likeness (QED) is 0.503. The van der Waals surface area contributed by atoms with Gasteiger partial charge in [-0.2, -0.15) is 0 Å². The lowest BCUT2D eigenvalue weighted by atomic mass is 10.1. The third-order valence-corrected chi connectivity index (χ3v) is 3.86. The molecule has 0 saturated carbocycles. The van der Waals surface area contributed by atoms with E-state index in [-0.39, 0.29) is 29.9 Å². The van der Waals surface area contributed by atoms with Gasteiger partial charge in [0.15, 0.2) is 11.5 Å². The molecule has 0 radical (unpaired) electrons. The Morgan fingerprint density at radius 2 is 1.92 bits per heavy atom. The number of nitrogens with one attached hydrogen (secondary N) is 1. The number of nitro benzene ring substituents is 1. The molecule has 26 heavy (non-hydrogen) atoms. The highest BCUT2D eigenvalue weighted by molar-refractivity contribution is 5.92. The standard InChI is InChI=1S/C18H15FN2O5/c1-11(12-2-5-14(19)6-3-12)20-18(22)7-4-13-8-16-17(26-10-25-16)9-15(13)21(23)24/h2-9,11H,10H2,1H3,(H,20,22)/b7-4+/t11-/m1/s1. The minimum atomic E-state index is -0.555. The van der Waals surface area contributed by atoms with Crippen molar-refractivity contribution in [2.24, 2.45) is 0 Å². The van der Waals surface area contributed by atoms with Crippen molar-refractivity contribution < 1.29 is 23.6 Å². The van der Waals surface area contributed by atoms with Gasteiger partial charge in [-0.1, -0.05) is 12.1 Å². The van der Waals surface area contributed by atoms with Gasteiger partial charge in [0, 0.05) is 6.08 Å². The van der Waals surface area contributed by atoms with Gasteiger partial charge in [-0.3, -0.25) is 14.9 Å². The van der Waals surface area contributed by atoms with Crippen molar-refractivity contribution in [3.63, 3.8) is 0 Å². The molecule has 1 N–H and O–H groups in total. The van der Waals surface area contributed by atoms with E-state index in [1.54, 1.807) is 19.1 Å². The summed E-state index contributed by atoms with van der Waals surface area (Å²) in [5.41, 5.74) is 0.774. The molecule has 2 aromatic carbocycles. The summed E-state index contributed by atoms with van der Waals surface area (Å²) < 4.78 is 23.3. The maximum atomic E-state index is 12.9. The molecular formula is C18H15FN2O5. The zero-order valence-corrected chi connectivity index (χ0v) is 13.8. The number of carbonyl (C=O) groups excluding carboxylic acids is 1. The first-order valence-electron chi connectivity index (χ1n) is 7.76. The topological polar surface area (TPSA) is 90.7 Å². The van der Waals surface area contributed by atoms with Crippen LogP contribution in [0.1, 0.15) is 24.1 Å². The summed E-state index contributed by atoms with van der Waals surface area (Å²) >= 11 is 0. The molecule has 7 nitrogen and oxygen atoms in total. The molecule has 1 aliphatic rings. The number of benzene rings is 2. The highest BCUT2D eigenvalue weighted by atomic mass is 19.1. The second-order valence-corrected chi connectivity index (χ2v) is 5.64. The number of carbonyl (C=O) groups is 1. The number of rotatable bonds is 5. The van der Waals surface area contributed by atoms with E-state index in [0.717, 1.165) is 5.56 Å². The molecule has 3 rings (SSSR count). The monoisotopic (exact) mass is 358 g/mol. The fourth-order valence-corrected chi connectivity index (χ4v) is 2.50. The molecule has 1 atom stereocenters. The molecular weight excluding hydrogens is 343 g/mol. The van der Waals surface area contributed by atoms with Crippen LogP contribution in [0.3, 0.4) is 0 Å². The fraction of sp³-hybridized carbons (Fsp3) is 0.167. The van der Waals surface area contributed by atoms with Crippen LogP contribution < -0.4 is 14.8 Å². The van der Waals surface area contributed by atoms with Gasteiger partial charge in [-0.25, -0.2) is 4.39 Å². The van der Waals surface area contributed by atoms with Crippen LogP contribution in [0.25, 0.3) is 6.08 Å². The van der Waals surface area contributed by atoms with Crippen molar-refractivity contribution in [3.05, 3.63) is 69.5 Å². The fourth-order valence-electron chi connectivity index (χ4n) is 2.50. The highest BCUT2D eigenvalue weighted by Gasteiger charge is 2.22. The first kappa shape index (κ1) is 17.4. The molecule has 1 heterocycles. The number of ether oxygens (including phenoxy) is 2. The first-order chi connectivity index (χ1) is 12.4. The number of fused-ring (bicyclic) bond motifs is 1. The molecule has 0 fully saturated rings. The van der Waals surface area contributed by atoms with Crippen molar-refractivity contribution in [1.29, 1.82) is 0 Å². The molecule has 8 heteroatoms. The number of hydrogen-bond donors (Lipinski definition) is 1. The van der Waals surface area contributed by atoms with Crippen molar-refractivity contribution in [2.75, 3.05) is 6.79 Å². The van der Waals surface area contributed by atoms with Gasteiger partial charge in [0.05, 0.1) is 22.6 Å². The van der Waals surface area contributed by atoms with Crippen LogP contribution in [0.15, 0.2) is 42.5 Å². The third-order valence-electron chi connectivity index (χ3n) is 3.86. The van der Waals surface area contributed by atoms with Gasteiger partial charge < -0.3 is 14.8 Å². The van der Waals surface area contributed by atoms with Gasteiger partial charge in [-0.05, 0) is 36.8 Å². The third kappa shape index (κ3) is 3.80. The van der Waals surface area contributed by atoms with E-state index in [0.29, 0.717) is 11.5 Å². The summed E-state index contributed by atoms with van der Waals surface area (Å²) in [4.78, 5) is 22.7. The summed E-state index contributed by atoms with van der Waals surface area (Å²) in [5.74, 6) is -0.116. The second-order valence-electron chi connectivity index (χ2n) is 5.64. The Hall–Kier alpha value is -3.42. The van der Waals surface area contributed by atoms with E-state index in [1.165, 1.54) is 36.4 Å². The normalized spacial score (nSPS) is 13.6. The summed E-state index contributed by atoms with van der Waals surface area (Å²) in [7, 11) is 0. The van der Waals surface area contributed by atoms with Gasteiger partial charge >= 0.3 is 0 Å². The average Bonchev–Trinajstić information content (AvgIpc) is 3.06. The molecule has 0 aromatic heterocycles. The Bertz CT molecular complexity index is 880. The zero-order valence-electron chi connectivity index (χ0n) is 13.8. The largest absolute Gasteiger partial charge is 0.454 e. The van der Waals surface area contributed by atoms with Crippen LogP contribution >= 0.6 is 0 Å². The Morgan fingerprint density at radius 1 is 1.27 bits per heavy atom. The van der Waals surface area contributed by atoms with Crippen molar-refractivity contribution in [2.45, 2.75) is 13.0 Å². The highest BCUT2D eigenvalue weighted by Crippen LogP contribution is 2.38. The summed E-state index contributed by atoms with van der Waals surface area (Å²) in [6.45, 7) is 1.75. The molecule has 1 amide bonds. The number of hydrogen-bond acceptors (Lipinski definition) is 5. The molecule has 0 saturated heterocycles. The summed E-state index contributed by atoms with van der Waals surface area (Å²) in [6, 6.07) is 8.14. The molecule has 0 spiro atoms. The lowest BCUT2D eigenvalue weighted by molar-refractivity contribution is -0.385. The Labute approximate surface area is 148 Å². The second kappa shape index (κ2) is 7.22. The van der Waals surface area contributed by atoms with E-state index in [1.807, 2.05) is 0 Å². The maximum Gasteiger partial charge on any atom is 0.280 e.